The van der Waals surface area contributed by atoms with E-state index in [2.05, 4.69) is 49.7 Å². The molecule has 1 unspecified atom stereocenters. The third-order valence-corrected chi connectivity index (χ3v) is 5.92. The van der Waals surface area contributed by atoms with Gasteiger partial charge < -0.3 is 10.1 Å². The van der Waals surface area contributed by atoms with Crippen molar-refractivity contribution < 1.29 is 9.53 Å². The maximum absolute atomic E-state index is 12.4. The number of rotatable bonds is 7. The van der Waals surface area contributed by atoms with Crippen LogP contribution >= 0.6 is 11.8 Å². The monoisotopic (exact) mass is 426 g/mol. The summed E-state index contributed by atoms with van der Waals surface area (Å²) in [5.74, 6) is 0.789. The molecule has 3 aromatic rings. The highest BCUT2D eigenvalue weighted by Gasteiger charge is 2.21. The van der Waals surface area contributed by atoms with Gasteiger partial charge in [-0.25, -0.2) is 4.98 Å². The summed E-state index contributed by atoms with van der Waals surface area (Å²) in [6.45, 7) is 7.71. The van der Waals surface area contributed by atoms with E-state index in [1.165, 1.54) is 17.3 Å². The number of carbonyl (C=O) groups excluding carboxylic acids is 1. The lowest BCUT2D eigenvalue weighted by atomic mass is 10.2. The first-order valence-electron chi connectivity index (χ1n) is 10.1. The summed E-state index contributed by atoms with van der Waals surface area (Å²) in [5.41, 5.74) is 3.19. The average Bonchev–Trinajstić information content (AvgIpc) is 3.15. The maximum atomic E-state index is 12.4. The van der Waals surface area contributed by atoms with Gasteiger partial charge in [0.25, 0.3) is 5.78 Å². The second-order valence-corrected chi connectivity index (χ2v) is 8.41. The summed E-state index contributed by atoms with van der Waals surface area (Å²) >= 11 is 1.36. The Morgan fingerprint density at radius 1 is 1.27 bits per heavy atom. The van der Waals surface area contributed by atoms with Crippen LogP contribution in [0.2, 0.25) is 0 Å². The van der Waals surface area contributed by atoms with Gasteiger partial charge in [0.1, 0.15) is 0 Å². The molecule has 1 aliphatic heterocycles. The van der Waals surface area contributed by atoms with E-state index in [0.29, 0.717) is 24.1 Å². The van der Waals surface area contributed by atoms with Crippen LogP contribution in [-0.4, -0.2) is 68.5 Å². The predicted molar refractivity (Wildman–Crippen MR) is 115 cm³/mol. The molecule has 9 heteroatoms. The minimum absolute atomic E-state index is 0.000228. The summed E-state index contributed by atoms with van der Waals surface area (Å²) in [7, 11) is 0. The zero-order chi connectivity index (χ0) is 20.9. The van der Waals surface area contributed by atoms with Crippen molar-refractivity contribution >= 4 is 23.4 Å². The molecule has 1 N–H and O–H groups in total. The molecule has 30 heavy (non-hydrogen) atoms. The molecular weight excluding hydrogens is 400 g/mol. The largest absolute Gasteiger partial charge is 0.374 e. The first-order chi connectivity index (χ1) is 14.6. The third-order valence-electron chi connectivity index (χ3n) is 4.99. The Labute approximate surface area is 180 Å². The lowest BCUT2D eigenvalue weighted by molar-refractivity contribution is -0.119. The molecule has 8 nitrogen and oxygen atoms in total. The second-order valence-electron chi connectivity index (χ2n) is 7.46. The molecule has 1 atom stereocenters. The molecule has 1 fully saturated rings. The smallest absolute Gasteiger partial charge is 0.256 e. The number of thioether (sulfide) groups is 1. The standard InChI is InChI=1S/C21H26N6O2S/c1-15-10-16(2)27-20(23-15)24-25-21(27)30-14-19(28)22-11-18-13-26(8-9-29-18)12-17-6-4-3-5-7-17/h3-7,10,18H,8-9,11-14H2,1-2H3,(H,22,28). The van der Waals surface area contributed by atoms with Crippen LogP contribution < -0.4 is 5.32 Å². The van der Waals surface area contributed by atoms with Crippen LogP contribution in [0.15, 0.2) is 41.6 Å². The fourth-order valence-corrected chi connectivity index (χ4v) is 4.41. The normalized spacial score (nSPS) is 17.3. The minimum atomic E-state index is -0.0433. The van der Waals surface area contributed by atoms with E-state index in [-0.39, 0.29) is 17.8 Å². The Morgan fingerprint density at radius 3 is 2.93 bits per heavy atom. The van der Waals surface area contributed by atoms with E-state index in [9.17, 15) is 4.79 Å². The first-order valence-corrected chi connectivity index (χ1v) is 11.0. The SMILES string of the molecule is Cc1cc(C)n2c(SCC(=O)NCC3CN(Cc4ccccc4)CCO3)nnc2n1. The second kappa shape index (κ2) is 9.55. The average molecular weight is 427 g/mol. The number of carbonyl (C=O) groups is 1. The van der Waals surface area contributed by atoms with Crippen molar-refractivity contribution in [2.24, 2.45) is 0 Å². The van der Waals surface area contributed by atoms with E-state index in [1.807, 2.05) is 30.4 Å². The molecule has 2 aromatic heterocycles. The minimum Gasteiger partial charge on any atom is -0.374 e. The zero-order valence-corrected chi connectivity index (χ0v) is 18.1. The van der Waals surface area contributed by atoms with Crippen molar-refractivity contribution in [3.05, 3.63) is 53.3 Å². The van der Waals surface area contributed by atoms with Gasteiger partial charge in [0, 0.05) is 37.6 Å². The number of aryl methyl sites for hydroxylation is 2. The van der Waals surface area contributed by atoms with Crippen LogP contribution in [0.1, 0.15) is 17.0 Å². The van der Waals surface area contributed by atoms with Crippen molar-refractivity contribution in [2.75, 3.05) is 32.0 Å². The molecule has 0 saturated carbocycles. The van der Waals surface area contributed by atoms with E-state index >= 15 is 0 Å². The van der Waals surface area contributed by atoms with E-state index < -0.39 is 0 Å². The topological polar surface area (TPSA) is 84.7 Å². The summed E-state index contributed by atoms with van der Waals surface area (Å²) in [6.07, 6.45) is -0.000228. The van der Waals surface area contributed by atoms with Gasteiger partial charge in [0.15, 0.2) is 5.16 Å². The van der Waals surface area contributed by atoms with E-state index in [1.54, 1.807) is 0 Å². The Morgan fingerprint density at radius 2 is 2.10 bits per heavy atom. The maximum Gasteiger partial charge on any atom is 0.256 e. The number of fused-ring (bicyclic) bond motifs is 1. The van der Waals surface area contributed by atoms with Crippen LogP contribution in [-0.2, 0) is 16.1 Å². The molecule has 1 aliphatic rings. The van der Waals surface area contributed by atoms with Crippen LogP contribution in [0.4, 0.5) is 0 Å². The van der Waals surface area contributed by atoms with Gasteiger partial charge in [0.05, 0.1) is 18.5 Å². The van der Waals surface area contributed by atoms with Crippen LogP contribution in [0.3, 0.4) is 0 Å². The Bertz CT molecular complexity index is 1010. The fourth-order valence-electron chi connectivity index (χ4n) is 3.59. The van der Waals surface area contributed by atoms with Crippen molar-refractivity contribution in [2.45, 2.75) is 31.7 Å². The zero-order valence-electron chi connectivity index (χ0n) is 17.2. The number of nitrogens with one attached hydrogen (secondary N) is 1. The molecule has 0 bridgehead atoms. The molecule has 1 aromatic carbocycles. The Kier molecular flexibility index (Phi) is 6.61. The van der Waals surface area contributed by atoms with Gasteiger partial charge in [-0.2, -0.15) is 0 Å². The molecule has 0 aliphatic carbocycles. The number of amides is 1. The molecular formula is C21H26N6O2S. The van der Waals surface area contributed by atoms with Crippen molar-refractivity contribution in [1.29, 1.82) is 0 Å². The molecule has 1 amide bonds. The summed E-state index contributed by atoms with van der Waals surface area (Å²) < 4.78 is 7.71. The van der Waals surface area contributed by atoms with Crippen molar-refractivity contribution in [3.8, 4) is 0 Å². The van der Waals surface area contributed by atoms with Gasteiger partial charge in [-0.3, -0.25) is 14.1 Å². The van der Waals surface area contributed by atoms with E-state index in [4.69, 9.17) is 4.74 Å². The number of aromatic nitrogens is 4. The third kappa shape index (κ3) is 5.16. The van der Waals surface area contributed by atoms with Crippen LogP contribution in [0.5, 0.6) is 0 Å². The number of nitrogens with zero attached hydrogens (tertiary/aromatic N) is 5. The quantitative estimate of drug-likeness (QED) is 0.577. The summed E-state index contributed by atoms with van der Waals surface area (Å²) in [6, 6.07) is 12.4. The molecule has 0 radical (unpaired) electrons. The molecule has 4 rings (SSSR count). The predicted octanol–water partition coefficient (Wildman–Crippen LogP) is 1.85. The van der Waals surface area contributed by atoms with Crippen molar-refractivity contribution in [3.63, 3.8) is 0 Å². The summed E-state index contributed by atoms with van der Waals surface area (Å²) in [4.78, 5) is 19.1. The number of hydrogen-bond donors (Lipinski definition) is 1. The van der Waals surface area contributed by atoms with Gasteiger partial charge in [-0.05, 0) is 25.5 Å². The first kappa shape index (κ1) is 20.8. The van der Waals surface area contributed by atoms with E-state index in [0.717, 1.165) is 31.0 Å². The Balaban J connectivity index is 1.25. The molecule has 3 heterocycles. The van der Waals surface area contributed by atoms with Crippen molar-refractivity contribution in [1.82, 2.24) is 29.8 Å². The molecule has 0 spiro atoms. The van der Waals surface area contributed by atoms with Crippen LogP contribution in [0.25, 0.3) is 5.78 Å². The molecule has 158 valence electrons. The lowest BCUT2D eigenvalue weighted by Gasteiger charge is -2.33. The highest BCUT2D eigenvalue weighted by molar-refractivity contribution is 7.99. The molecule has 1 saturated heterocycles. The van der Waals surface area contributed by atoms with Gasteiger partial charge >= 0.3 is 0 Å². The fraction of sp³-hybridized carbons (Fsp3) is 0.429. The van der Waals surface area contributed by atoms with Gasteiger partial charge in [0.2, 0.25) is 5.91 Å². The number of hydrogen-bond acceptors (Lipinski definition) is 7. The van der Waals surface area contributed by atoms with Gasteiger partial charge in [-0.1, -0.05) is 42.1 Å². The number of ether oxygens (including phenoxy) is 1. The number of morpholine rings is 1. The lowest BCUT2D eigenvalue weighted by Crippen LogP contribution is -2.47. The summed E-state index contributed by atoms with van der Waals surface area (Å²) in [5, 5.41) is 11.9. The number of benzene rings is 1. The Hall–Kier alpha value is -2.49. The van der Waals surface area contributed by atoms with Gasteiger partial charge in [-0.15, -0.1) is 10.2 Å². The highest BCUT2D eigenvalue weighted by Crippen LogP contribution is 2.18. The van der Waals surface area contributed by atoms with Crippen LogP contribution in [0, 0.1) is 13.8 Å². The highest BCUT2D eigenvalue weighted by atomic mass is 32.2.